The van der Waals surface area contributed by atoms with Crippen LogP contribution in [0.4, 0.5) is 5.69 Å². The van der Waals surface area contributed by atoms with Crippen LogP contribution in [-0.4, -0.2) is 13.0 Å². The summed E-state index contributed by atoms with van der Waals surface area (Å²) >= 11 is 0. The van der Waals surface area contributed by atoms with Gasteiger partial charge in [-0.2, -0.15) is 0 Å². The number of likely N-dealkylation sites (N-methyl/N-ethyl adjacent to an activating group) is 1. The normalized spacial score (nSPS) is 11.9. The Morgan fingerprint density at radius 1 is 1.10 bits per heavy atom. The predicted molar refractivity (Wildman–Crippen MR) is 82.6 cm³/mol. The van der Waals surface area contributed by atoms with Gasteiger partial charge in [-0.25, -0.2) is 0 Å². The third-order valence-corrected chi connectivity index (χ3v) is 3.49. The maximum atomic E-state index is 12.4. The molecule has 104 valence electrons. The first-order chi connectivity index (χ1) is 9.63. The van der Waals surface area contributed by atoms with Gasteiger partial charge in [0.2, 0.25) is 5.91 Å². The van der Waals surface area contributed by atoms with Crippen molar-refractivity contribution in [2.45, 2.75) is 19.4 Å². The van der Waals surface area contributed by atoms with Gasteiger partial charge in [0.05, 0.1) is 0 Å². The van der Waals surface area contributed by atoms with Crippen molar-refractivity contribution in [1.29, 1.82) is 0 Å². The third-order valence-electron chi connectivity index (χ3n) is 3.49. The molecule has 2 aromatic rings. The van der Waals surface area contributed by atoms with E-state index in [0.29, 0.717) is 0 Å². The Bertz CT molecular complexity index is 563. The van der Waals surface area contributed by atoms with E-state index in [2.05, 4.69) is 6.92 Å². The van der Waals surface area contributed by atoms with E-state index in [1.54, 1.807) is 11.9 Å². The van der Waals surface area contributed by atoms with Gasteiger partial charge in [0, 0.05) is 12.7 Å². The van der Waals surface area contributed by atoms with E-state index >= 15 is 0 Å². The number of nitrogens with two attached hydrogens (primary N) is 1. The summed E-state index contributed by atoms with van der Waals surface area (Å²) in [5, 5.41) is 0. The second-order valence-corrected chi connectivity index (χ2v) is 4.81. The zero-order valence-electron chi connectivity index (χ0n) is 11.9. The summed E-state index contributed by atoms with van der Waals surface area (Å²) in [4.78, 5) is 14.0. The summed E-state index contributed by atoms with van der Waals surface area (Å²) in [5.74, 6) is -0.111. The molecular formula is C17H20N2O. The van der Waals surface area contributed by atoms with Crippen LogP contribution in [0, 0.1) is 0 Å². The molecule has 20 heavy (non-hydrogen) atoms. The monoisotopic (exact) mass is 268 g/mol. The van der Waals surface area contributed by atoms with Gasteiger partial charge in [0.1, 0.15) is 6.04 Å². The van der Waals surface area contributed by atoms with Gasteiger partial charge >= 0.3 is 0 Å². The van der Waals surface area contributed by atoms with Gasteiger partial charge in [-0.15, -0.1) is 0 Å². The van der Waals surface area contributed by atoms with Crippen molar-refractivity contribution in [2.24, 2.45) is 5.73 Å². The molecule has 0 aliphatic carbocycles. The molecule has 0 saturated heterocycles. The van der Waals surface area contributed by atoms with Crippen LogP contribution in [0.15, 0.2) is 54.6 Å². The van der Waals surface area contributed by atoms with Crippen molar-refractivity contribution >= 4 is 11.6 Å². The summed E-state index contributed by atoms with van der Waals surface area (Å²) in [6.07, 6.45) is 0.988. The van der Waals surface area contributed by atoms with E-state index in [9.17, 15) is 4.79 Å². The maximum Gasteiger partial charge on any atom is 0.248 e. The molecule has 0 aromatic heterocycles. The number of benzene rings is 2. The lowest BCUT2D eigenvalue weighted by atomic mass is 10.1. The Kier molecular flexibility index (Phi) is 4.53. The van der Waals surface area contributed by atoms with Gasteiger partial charge in [-0.3, -0.25) is 4.79 Å². The Hall–Kier alpha value is -2.13. The topological polar surface area (TPSA) is 46.3 Å². The number of hydrogen-bond acceptors (Lipinski definition) is 2. The van der Waals surface area contributed by atoms with E-state index < -0.39 is 6.04 Å². The highest BCUT2D eigenvalue weighted by molar-refractivity contribution is 5.97. The van der Waals surface area contributed by atoms with Crippen LogP contribution >= 0.6 is 0 Å². The molecule has 3 nitrogen and oxygen atoms in total. The molecule has 0 radical (unpaired) electrons. The fourth-order valence-corrected chi connectivity index (χ4v) is 2.09. The number of amides is 1. The number of aryl methyl sites for hydroxylation is 1. The van der Waals surface area contributed by atoms with Crippen LogP contribution in [0.5, 0.6) is 0 Å². The predicted octanol–water partition coefficient (Wildman–Crippen LogP) is 2.91. The highest BCUT2D eigenvalue weighted by Crippen LogP contribution is 2.19. The zero-order valence-corrected chi connectivity index (χ0v) is 11.9. The van der Waals surface area contributed by atoms with E-state index in [1.165, 1.54) is 5.56 Å². The van der Waals surface area contributed by atoms with Gasteiger partial charge in [-0.05, 0) is 29.7 Å². The summed E-state index contributed by atoms with van der Waals surface area (Å²) in [6.45, 7) is 2.11. The second kappa shape index (κ2) is 6.35. The molecule has 2 aromatic carbocycles. The third kappa shape index (κ3) is 3.06. The van der Waals surface area contributed by atoms with Gasteiger partial charge in [0.25, 0.3) is 0 Å². The van der Waals surface area contributed by atoms with Crippen LogP contribution in [0.1, 0.15) is 24.1 Å². The first-order valence-electron chi connectivity index (χ1n) is 6.80. The summed E-state index contributed by atoms with van der Waals surface area (Å²) in [6, 6.07) is 16.8. The minimum Gasteiger partial charge on any atom is -0.316 e. The molecule has 0 heterocycles. The van der Waals surface area contributed by atoms with Crippen molar-refractivity contribution in [3.05, 3.63) is 65.7 Å². The standard InChI is InChI=1S/C17H20N2O/c1-3-13-9-11-15(12-10-13)19(2)17(20)16(18)14-7-5-4-6-8-14/h4-12,16H,3,18H2,1-2H3/t16-/m0/s1. The van der Waals surface area contributed by atoms with Crippen LogP contribution in [0.25, 0.3) is 0 Å². The van der Waals surface area contributed by atoms with Crippen molar-refractivity contribution in [3.8, 4) is 0 Å². The van der Waals surface area contributed by atoms with Crippen LogP contribution in [0.2, 0.25) is 0 Å². The molecule has 0 bridgehead atoms. The average Bonchev–Trinajstić information content (AvgIpc) is 2.53. The van der Waals surface area contributed by atoms with E-state index in [4.69, 9.17) is 5.73 Å². The number of rotatable bonds is 4. The molecule has 2 N–H and O–H groups in total. The summed E-state index contributed by atoms with van der Waals surface area (Å²) < 4.78 is 0. The number of anilines is 1. The Morgan fingerprint density at radius 3 is 2.25 bits per heavy atom. The van der Waals surface area contributed by atoms with E-state index in [0.717, 1.165) is 17.7 Å². The molecular weight excluding hydrogens is 248 g/mol. The number of carbonyl (C=O) groups is 1. The minimum absolute atomic E-state index is 0.111. The maximum absolute atomic E-state index is 12.4. The fourth-order valence-electron chi connectivity index (χ4n) is 2.09. The van der Waals surface area contributed by atoms with Gasteiger partial charge < -0.3 is 10.6 Å². The van der Waals surface area contributed by atoms with Crippen molar-refractivity contribution < 1.29 is 4.79 Å². The number of nitrogens with zero attached hydrogens (tertiary/aromatic N) is 1. The Balaban J connectivity index is 2.15. The SMILES string of the molecule is CCc1ccc(N(C)C(=O)[C@@H](N)c2ccccc2)cc1. The van der Waals surface area contributed by atoms with Gasteiger partial charge in [0.15, 0.2) is 0 Å². The average molecular weight is 268 g/mol. The van der Waals surface area contributed by atoms with Crippen molar-refractivity contribution in [3.63, 3.8) is 0 Å². The lowest BCUT2D eigenvalue weighted by Crippen LogP contribution is -2.35. The molecule has 2 rings (SSSR count). The zero-order chi connectivity index (χ0) is 14.5. The molecule has 1 amide bonds. The molecule has 0 aliphatic rings. The quantitative estimate of drug-likeness (QED) is 0.926. The summed E-state index contributed by atoms with van der Waals surface area (Å²) in [5.41, 5.74) is 8.98. The summed E-state index contributed by atoms with van der Waals surface area (Å²) in [7, 11) is 1.76. The van der Waals surface area contributed by atoms with Crippen LogP contribution in [-0.2, 0) is 11.2 Å². The highest BCUT2D eigenvalue weighted by atomic mass is 16.2. The van der Waals surface area contributed by atoms with Crippen LogP contribution < -0.4 is 10.6 Å². The van der Waals surface area contributed by atoms with Crippen LogP contribution in [0.3, 0.4) is 0 Å². The molecule has 3 heteroatoms. The molecule has 0 spiro atoms. The van der Waals surface area contributed by atoms with Crippen molar-refractivity contribution in [2.75, 3.05) is 11.9 Å². The lowest BCUT2D eigenvalue weighted by molar-refractivity contribution is -0.119. The Labute approximate surface area is 120 Å². The largest absolute Gasteiger partial charge is 0.316 e. The first kappa shape index (κ1) is 14.3. The second-order valence-electron chi connectivity index (χ2n) is 4.81. The molecule has 0 aliphatic heterocycles. The minimum atomic E-state index is -0.632. The van der Waals surface area contributed by atoms with Crippen molar-refractivity contribution in [1.82, 2.24) is 0 Å². The lowest BCUT2D eigenvalue weighted by Gasteiger charge is -2.22. The Morgan fingerprint density at radius 2 is 1.70 bits per heavy atom. The molecule has 0 unspecified atom stereocenters. The molecule has 0 fully saturated rings. The number of hydrogen-bond donors (Lipinski definition) is 1. The highest BCUT2D eigenvalue weighted by Gasteiger charge is 2.20. The molecule has 0 saturated carbocycles. The van der Waals surface area contributed by atoms with Gasteiger partial charge in [-0.1, -0.05) is 49.4 Å². The van der Waals surface area contributed by atoms with E-state index in [-0.39, 0.29) is 5.91 Å². The number of carbonyl (C=O) groups excluding carboxylic acids is 1. The smallest absolute Gasteiger partial charge is 0.248 e. The van der Waals surface area contributed by atoms with E-state index in [1.807, 2.05) is 54.6 Å². The first-order valence-corrected chi connectivity index (χ1v) is 6.80. The molecule has 1 atom stereocenters. The fraction of sp³-hybridized carbons (Fsp3) is 0.235.